The Bertz CT molecular complexity index is 696. The van der Waals surface area contributed by atoms with E-state index in [-0.39, 0.29) is 5.91 Å². The van der Waals surface area contributed by atoms with Gasteiger partial charge in [0.15, 0.2) is 0 Å². The number of ether oxygens (including phenoxy) is 1. The number of hydrogen-bond acceptors (Lipinski definition) is 3. The highest BCUT2D eigenvalue weighted by atomic mass is 16.5. The number of likely N-dealkylation sites (N-methyl/N-ethyl adjacent to an activating group) is 1. The highest BCUT2D eigenvalue weighted by Crippen LogP contribution is 2.23. The molecule has 0 unspecified atom stereocenters. The summed E-state index contributed by atoms with van der Waals surface area (Å²) in [6, 6.07) is 15.1. The van der Waals surface area contributed by atoms with Crippen molar-refractivity contribution in [1.29, 1.82) is 0 Å². The highest BCUT2D eigenvalue weighted by molar-refractivity contribution is 6.03. The first kappa shape index (κ1) is 17.6. The quantitative estimate of drug-likeness (QED) is 0.473. The lowest BCUT2D eigenvalue weighted by molar-refractivity contribution is -0.113. The van der Waals surface area contributed by atoms with Crippen molar-refractivity contribution in [3.8, 4) is 5.75 Å². The summed E-state index contributed by atoms with van der Waals surface area (Å²) in [5, 5.41) is 0. The zero-order valence-electron chi connectivity index (χ0n) is 14.2. The summed E-state index contributed by atoms with van der Waals surface area (Å²) in [6.45, 7) is 2.78. The fourth-order valence-corrected chi connectivity index (χ4v) is 2.19. The molecule has 0 atom stereocenters. The molecule has 0 bridgehead atoms. The van der Waals surface area contributed by atoms with Crippen LogP contribution in [0.25, 0.3) is 6.08 Å². The Morgan fingerprint density at radius 1 is 1.21 bits per heavy atom. The molecule has 0 saturated carbocycles. The summed E-state index contributed by atoms with van der Waals surface area (Å²) in [6.07, 6.45) is 5.38. The minimum atomic E-state index is -0.0944. The Labute approximate surface area is 143 Å². The van der Waals surface area contributed by atoms with Gasteiger partial charge in [0.2, 0.25) is 0 Å². The lowest BCUT2D eigenvalue weighted by Crippen LogP contribution is -2.23. The molecule has 4 heteroatoms. The molecule has 0 heterocycles. The fourth-order valence-electron chi connectivity index (χ4n) is 2.19. The monoisotopic (exact) mass is 324 g/mol. The molecule has 0 radical (unpaired) electrons. The number of hydrogen-bond donors (Lipinski definition) is 1. The van der Waals surface area contributed by atoms with E-state index in [9.17, 15) is 4.79 Å². The predicted octanol–water partition coefficient (Wildman–Crippen LogP) is 4.12. The minimum Gasteiger partial charge on any atom is -0.491 e. The Balaban J connectivity index is 2.01. The third-order valence-corrected chi connectivity index (χ3v) is 3.68. The van der Waals surface area contributed by atoms with Gasteiger partial charge in [0, 0.05) is 18.8 Å². The van der Waals surface area contributed by atoms with E-state index in [1.165, 1.54) is 0 Å². The standard InChI is InChI=1S/C20H24N2O2/c1-3-4-14-24-19-12-10-16(15-18(19)21)11-13-20(23)22(2)17-8-6-5-7-9-17/h5-13,15H,3-4,14,21H2,1-2H3/b13-11-. The van der Waals surface area contributed by atoms with Crippen LogP contribution in [0.4, 0.5) is 11.4 Å². The number of benzene rings is 2. The Morgan fingerprint density at radius 2 is 1.96 bits per heavy atom. The van der Waals surface area contributed by atoms with Crippen molar-refractivity contribution >= 4 is 23.4 Å². The van der Waals surface area contributed by atoms with E-state index in [1.54, 1.807) is 24.1 Å². The minimum absolute atomic E-state index is 0.0944. The molecule has 2 rings (SSSR count). The number of carbonyl (C=O) groups is 1. The van der Waals surface area contributed by atoms with Gasteiger partial charge in [-0.25, -0.2) is 0 Å². The van der Waals surface area contributed by atoms with Crippen LogP contribution in [0.3, 0.4) is 0 Å². The van der Waals surface area contributed by atoms with Gasteiger partial charge < -0.3 is 15.4 Å². The summed E-state index contributed by atoms with van der Waals surface area (Å²) in [7, 11) is 1.75. The summed E-state index contributed by atoms with van der Waals surface area (Å²) in [5.74, 6) is 0.594. The average Bonchev–Trinajstić information content (AvgIpc) is 2.61. The second-order valence-electron chi connectivity index (χ2n) is 5.57. The van der Waals surface area contributed by atoms with Crippen molar-refractivity contribution in [2.75, 3.05) is 24.3 Å². The molecule has 2 N–H and O–H groups in total. The van der Waals surface area contributed by atoms with Gasteiger partial charge in [-0.05, 0) is 42.3 Å². The average molecular weight is 324 g/mol. The predicted molar refractivity (Wildman–Crippen MR) is 100 cm³/mol. The third kappa shape index (κ3) is 4.88. The lowest BCUT2D eigenvalue weighted by atomic mass is 10.1. The summed E-state index contributed by atoms with van der Waals surface area (Å²) >= 11 is 0. The number of anilines is 2. The number of para-hydroxylation sites is 1. The number of nitrogens with zero attached hydrogens (tertiary/aromatic N) is 1. The van der Waals surface area contributed by atoms with E-state index >= 15 is 0 Å². The topological polar surface area (TPSA) is 55.6 Å². The van der Waals surface area contributed by atoms with E-state index in [0.29, 0.717) is 18.0 Å². The Morgan fingerprint density at radius 3 is 2.62 bits per heavy atom. The molecule has 0 fully saturated rings. The molecule has 2 aromatic carbocycles. The zero-order chi connectivity index (χ0) is 17.4. The largest absolute Gasteiger partial charge is 0.491 e. The zero-order valence-corrected chi connectivity index (χ0v) is 14.2. The molecule has 0 aliphatic heterocycles. The molecule has 0 saturated heterocycles. The van der Waals surface area contributed by atoms with Crippen molar-refractivity contribution in [1.82, 2.24) is 0 Å². The number of amides is 1. The summed E-state index contributed by atoms with van der Waals surface area (Å²) < 4.78 is 5.63. The van der Waals surface area contributed by atoms with Crippen molar-refractivity contribution in [3.63, 3.8) is 0 Å². The van der Waals surface area contributed by atoms with Crippen LogP contribution in [0.1, 0.15) is 25.3 Å². The third-order valence-electron chi connectivity index (χ3n) is 3.68. The maximum absolute atomic E-state index is 12.2. The van der Waals surface area contributed by atoms with Crippen molar-refractivity contribution in [3.05, 3.63) is 60.2 Å². The molecule has 0 aliphatic rings. The first-order valence-corrected chi connectivity index (χ1v) is 8.15. The molecule has 2 aromatic rings. The number of rotatable bonds is 7. The van der Waals surface area contributed by atoms with Crippen LogP contribution >= 0.6 is 0 Å². The Hall–Kier alpha value is -2.75. The van der Waals surface area contributed by atoms with Crippen LogP contribution in [-0.2, 0) is 4.79 Å². The molecule has 126 valence electrons. The van der Waals surface area contributed by atoms with E-state index in [2.05, 4.69) is 6.92 Å². The van der Waals surface area contributed by atoms with E-state index in [1.807, 2.05) is 48.5 Å². The maximum atomic E-state index is 12.2. The first-order valence-electron chi connectivity index (χ1n) is 8.15. The van der Waals surface area contributed by atoms with Gasteiger partial charge in [0.05, 0.1) is 12.3 Å². The van der Waals surface area contributed by atoms with Crippen LogP contribution in [0.5, 0.6) is 5.75 Å². The van der Waals surface area contributed by atoms with Gasteiger partial charge in [-0.15, -0.1) is 0 Å². The summed E-state index contributed by atoms with van der Waals surface area (Å²) in [5.41, 5.74) is 8.31. The maximum Gasteiger partial charge on any atom is 0.250 e. The van der Waals surface area contributed by atoms with Crippen molar-refractivity contribution in [2.45, 2.75) is 19.8 Å². The van der Waals surface area contributed by atoms with Crippen LogP contribution in [0.15, 0.2) is 54.6 Å². The SMILES string of the molecule is CCCCOc1ccc(/C=C\C(=O)N(C)c2ccccc2)cc1N. The molecular weight excluding hydrogens is 300 g/mol. The van der Waals surface area contributed by atoms with Gasteiger partial charge in [0.1, 0.15) is 5.75 Å². The molecule has 0 aromatic heterocycles. The van der Waals surface area contributed by atoms with Crippen LogP contribution < -0.4 is 15.4 Å². The van der Waals surface area contributed by atoms with Gasteiger partial charge in [-0.3, -0.25) is 4.79 Å². The number of nitrogen functional groups attached to an aromatic ring is 1. The number of nitrogens with two attached hydrogens (primary N) is 1. The fraction of sp³-hybridized carbons (Fsp3) is 0.250. The van der Waals surface area contributed by atoms with Gasteiger partial charge in [-0.1, -0.05) is 37.6 Å². The van der Waals surface area contributed by atoms with E-state index in [0.717, 1.165) is 24.1 Å². The number of carbonyl (C=O) groups excluding carboxylic acids is 1. The molecular formula is C20H24N2O2. The normalized spacial score (nSPS) is 10.8. The van der Waals surface area contributed by atoms with Gasteiger partial charge in [0.25, 0.3) is 5.91 Å². The van der Waals surface area contributed by atoms with Crippen molar-refractivity contribution < 1.29 is 9.53 Å². The van der Waals surface area contributed by atoms with Gasteiger partial charge >= 0.3 is 0 Å². The van der Waals surface area contributed by atoms with Crippen LogP contribution in [0, 0.1) is 0 Å². The number of unbranched alkanes of at least 4 members (excludes halogenated alkanes) is 1. The van der Waals surface area contributed by atoms with Crippen LogP contribution in [0.2, 0.25) is 0 Å². The smallest absolute Gasteiger partial charge is 0.250 e. The lowest BCUT2D eigenvalue weighted by Gasteiger charge is -2.14. The molecule has 0 aliphatic carbocycles. The van der Waals surface area contributed by atoms with Crippen LogP contribution in [-0.4, -0.2) is 19.6 Å². The first-order chi connectivity index (χ1) is 11.6. The molecule has 1 amide bonds. The second-order valence-corrected chi connectivity index (χ2v) is 5.57. The second kappa shape index (κ2) is 8.77. The van der Waals surface area contributed by atoms with Crippen molar-refractivity contribution in [2.24, 2.45) is 0 Å². The molecule has 24 heavy (non-hydrogen) atoms. The van der Waals surface area contributed by atoms with Gasteiger partial charge in [-0.2, -0.15) is 0 Å². The summed E-state index contributed by atoms with van der Waals surface area (Å²) in [4.78, 5) is 13.8. The van der Waals surface area contributed by atoms with E-state index in [4.69, 9.17) is 10.5 Å². The van der Waals surface area contributed by atoms with E-state index < -0.39 is 0 Å². The molecule has 0 spiro atoms. The Kier molecular flexibility index (Phi) is 6.43. The molecule has 4 nitrogen and oxygen atoms in total. The highest BCUT2D eigenvalue weighted by Gasteiger charge is 2.07.